The molecule has 0 aromatic rings. The number of hydrogen-bond acceptors (Lipinski definition) is 6. The van der Waals surface area contributed by atoms with Crippen molar-refractivity contribution in [3.63, 3.8) is 0 Å². The van der Waals surface area contributed by atoms with E-state index in [-0.39, 0.29) is 23.1 Å². The Labute approximate surface area is 116 Å². The molecule has 0 fully saturated rings. The fourth-order valence-corrected chi connectivity index (χ4v) is 3.11. The summed E-state index contributed by atoms with van der Waals surface area (Å²) in [5.74, 6) is 0.816. The summed E-state index contributed by atoms with van der Waals surface area (Å²) in [6.07, 6.45) is 0. The highest BCUT2D eigenvalue weighted by Crippen LogP contribution is 2.25. The van der Waals surface area contributed by atoms with Crippen molar-refractivity contribution in [1.29, 1.82) is 0 Å². The molecular weight excluding hydrogens is 272 g/mol. The molecule has 0 rings (SSSR count). The Morgan fingerprint density at radius 1 is 0.778 bits per heavy atom. The SMILES string of the molecule is CC(=O)/C(SCCS/C(C(C)=O)=C(/C)O)=C(\C)O. The number of thioether (sulfide) groups is 2. The fourth-order valence-electron chi connectivity index (χ4n) is 1.21. The van der Waals surface area contributed by atoms with E-state index >= 15 is 0 Å². The Hall–Kier alpha value is -0.880. The van der Waals surface area contributed by atoms with Crippen LogP contribution < -0.4 is 0 Å². The van der Waals surface area contributed by atoms with Gasteiger partial charge in [-0.2, -0.15) is 0 Å². The van der Waals surface area contributed by atoms with Crippen LogP contribution >= 0.6 is 23.5 Å². The molecule has 18 heavy (non-hydrogen) atoms. The molecule has 0 amide bonds. The number of rotatable bonds is 7. The van der Waals surface area contributed by atoms with Crippen LogP contribution in [-0.2, 0) is 9.59 Å². The molecule has 0 heterocycles. The van der Waals surface area contributed by atoms with Gasteiger partial charge in [0, 0.05) is 11.5 Å². The van der Waals surface area contributed by atoms with Crippen LogP contribution in [-0.4, -0.2) is 33.3 Å². The average Bonchev–Trinajstić information content (AvgIpc) is 2.20. The third-order valence-electron chi connectivity index (χ3n) is 1.87. The molecule has 4 nitrogen and oxygen atoms in total. The molecule has 0 saturated heterocycles. The van der Waals surface area contributed by atoms with Crippen molar-refractivity contribution in [1.82, 2.24) is 0 Å². The zero-order chi connectivity index (χ0) is 14.3. The zero-order valence-corrected chi connectivity index (χ0v) is 12.6. The summed E-state index contributed by atoms with van der Waals surface area (Å²) >= 11 is 2.49. The van der Waals surface area contributed by atoms with Crippen LogP contribution in [0.3, 0.4) is 0 Å². The van der Waals surface area contributed by atoms with Crippen LogP contribution in [0.5, 0.6) is 0 Å². The van der Waals surface area contributed by atoms with E-state index in [1.54, 1.807) is 0 Å². The highest BCUT2D eigenvalue weighted by atomic mass is 32.2. The smallest absolute Gasteiger partial charge is 0.169 e. The number of carbonyl (C=O) groups is 2. The van der Waals surface area contributed by atoms with Gasteiger partial charge in [-0.3, -0.25) is 9.59 Å². The largest absolute Gasteiger partial charge is 0.511 e. The van der Waals surface area contributed by atoms with Gasteiger partial charge >= 0.3 is 0 Å². The molecule has 0 atom stereocenters. The summed E-state index contributed by atoms with van der Waals surface area (Å²) in [7, 11) is 0. The van der Waals surface area contributed by atoms with E-state index in [2.05, 4.69) is 0 Å². The van der Waals surface area contributed by atoms with E-state index in [1.807, 2.05) is 0 Å². The molecule has 0 aromatic heterocycles. The van der Waals surface area contributed by atoms with Crippen molar-refractivity contribution in [2.24, 2.45) is 0 Å². The van der Waals surface area contributed by atoms with Gasteiger partial charge in [0.05, 0.1) is 9.81 Å². The van der Waals surface area contributed by atoms with E-state index < -0.39 is 0 Å². The Morgan fingerprint density at radius 3 is 1.22 bits per heavy atom. The van der Waals surface area contributed by atoms with E-state index in [4.69, 9.17) is 0 Å². The normalized spacial score (nSPS) is 13.8. The lowest BCUT2D eigenvalue weighted by molar-refractivity contribution is -0.114. The maximum atomic E-state index is 11.2. The summed E-state index contributed by atoms with van der Waals surface area (Å²) in [4.78, 5) is 23.0. The van der Waals surface area contributed by atoms with Crippen LogP contribution in [0.1, 0.15) is 27.7 Å². The molecule has 0 aromatic carbocycles. The lowest BCUT2D eigenvalue weighted by atomic mass is 10.4. The molecule has 0 spiro atoms. The average molecular weight is 290 g/mol. The number of aliphatic hydroxyl groups excluding tert-OH is 2. The highest BCUT2D eigenvalue weighted by Gasteiger charge is 2.11. The maximum Gasteiger partial charge on any atom is 0.169 e. The second-order valence-corrected chi connectivity index (χ2v) is 5.85. The number of hydrogen-bond donors (Lipinski definition) is 2. The second kappa shape index (κ2) is 8.26. The van der Waals surface area contributed by atoms with Gasteiger partial charge < -0.3 is 10.2 Å². The summed E-state index contributed by atoms with van der Waals surface area (Å²) in [6, 6.07) is 0. The lowest BCUT2D eigenvalue weighted by Gasteiger charge is -2.06. The lowest BCUT2D eigenvalue weighted by Crippen LogP contribution is -2.01. The highest BCUT2D eigenvalue weighted by molar-refractivity contribution is 8.07. The third-order valence-corrected chi connectivity index (χ3v) is 4.69. The molecule has 0 saturated carbocycles. The minimum atomic E-state index is -0.175. The first-order valence-electron chi connectivity index (χ1n) is 5.34. The minimum absolute atomic E-state index is 0.0122. The van der Waals surface area contributed by atoms with Crippen molar-refractivity contribution in [2.75, 3.05) is 11.5 Å². The summed E-state index contributed by atoms with van der Waals surface area (Å²) < 4.78 is 0. The molecule has 0 unspecified atom stereocenters. The van der Waals surface area contributed by atoms with Crippen molar-refractivity contribution < 1.29 is 19.8 Å². The van der Waals surface area contributed by atoms with Gasteiger partial charge in [-0.1, -0.05) is 0 Å². The molecule has 0 radical (unpaired) electrons. The Morgan fingerprint density at radius 2 is 1.06 bits per heavy atom. The second-order valence-electron chi connectivity index (χ2n) is 3.64. The summed E-state index contributed by atoms with van der Waals surface area (Å²) in [6.45, 7) is 5.73. The molecule has 0 bridgehead atoms. The fraction of sp³-hybridized carbons (Fsp3) is 0.500. The van der Waals surface area contributed by atoms with E-state index in [1.165, 1.54) is 51.2 Å². The Balaban J connectivity index is 4.31. The summed E-state index contributed by atoms with van der Waals surface area (Å²) in [5.41, 5.74) is 0. The molecule has 102 valence electrons. The van der Waals surface area contributed by atoms with E-state index in [0.29, 0.717) is 21.3 Å². The van der Waals surface area contributed by atoms with Gasteiger partial charge in [0.15, 0.2) is 11.6 Å². The first-order chi connectivity index (χ1) is 8.27. The van der Waals surface area contributed by atoms with E-state index in [9.17, 15) is 19.8 Å². The van der Waals surface area contributed by atoms with Crippen LogP contribution in [0.2, 0.25) is 0 Å². The number of carbonyl (C=O) groups excluding carboxylic acids is 2. The Kier molecular flexibility index (Phi) is 7.86. The topological polar surface area (TPSA) is 74.6 Å². The van der Waals surface area contributed by atoms with Crippen molar-refractivity contribution in [3.8, 4) is 0 Å². The Bertz CT molecular complexity index is 351. The van der Waals surface area contributed by atoms with Crippen molar-refractivity contribution in [2.45, 2.75) is 27.7 Å². The zero-order valence-electron chi connectivity index (χ0n) is 10.9. The number of allylic oxidation sites excluding steroid dienone is 4. The number of aliphatic hydroxyl groups is 2. The quantitative estimate of drug-likeness (QED) is 0.426. The molecule has 0 aliphatic heterocycles. The van der Waals surface area contributed by atoms with Gasteiger partial charge in [-0.05, 0) is 27.7 Å². The van der Waals surface area contributed by atoms with Crippen LogP contribution in [0.4, 0.5) is 0 Å². The number of ketones is 2. The van der Waals surface area contributed by atoms with Gasteiger partial charge in [-0.25, -0.2) is 0 Å². The van der Waals surface area contributed by atoms with Crippen LogP contribution in [0.15, 0.2) is 21.3 Å². The minimum Gasteiger partial charge on any atom is -0.511 e. The molecule has 6 heteroatoms. The van der Waals surface area contributed by atoms with Crippen LogP contribution in [0, 0.1) is 0 Å². The van der Waals surface area contributed by atoms with Gasteiger partial charge in [0.1, 0.15) is 11.5 Å². The predicted octanol–water partition coefficient (Wildman–Crippen LogP) is 3.21. The molecule has 2 N–H and O–H groups in total. The molecule has 0 aliphatic carbocycles. The van der Waals surface area contributed by atoms with Gasteiger partial charge in [0.25, 0.3) is 0 Å². The third kappa shape index (κ3) is 6.16. The van der Waals surface area contributed by atoms with Crippen molar-refractivity contribution >= 4 is 35.1 Å². The van der Waals surface area contributed by atoms with Gasteiger partial charge in [0.2, 0.25) is 0 Å². The first-order valence-corrected chi connectivity index (χ1v) is 7.31. The standard InChI is InChI=1S/C12H18O4S2/c1-7(13)11(8(2)14)17-5-6-18-12(9(3)15)10(4)16/h13,15H,5-6H2,1-4H3/b11-7-,12-9-. The summed E-state index contributed by atoms with van der Waals surface area (Å²) in [5, 5.41) is 18.6. The predicted molar refractivity (Wildman–Crippen MR) is 76.9 cm³/mol. The molecule has 0 aliphatic rings. The number of Topliss-reactive ketones (excluding diaryl/α,β-unsaturated/α-hetero) is 2. The van der Waals surface area contributed by atoms with E-state index in [0.717, 1.165) is 0 Å². The van der Waals surface area contributed by atoms with Crippen molar-refractivity contribution in [3.05, 3.63) is 21.3 Å². The monoisotopic (exact) mass is 290 g/mol. The van der Waals surface area contributed by atoms with Crippen LogP contribution in [0.25, 0.3) is 0 Å². The first kappa shape index (κ1) is 17.1. The molecular formula is C12H18O4S2. The van der Waals surface area contributed by atoms with Gasteiger partial charge in [-0.15, -0.1) is 23.5 Å². The maximum absolute atomic E-state index is 11.2.